The number of hydrogen-bond acceptors (Lipinski definition) is 6. The van der Waals surface area contributed by atoms with Crippen molar-refractivity contribution >= 4 is 59.4 Å². The number of phenolic OH excluding ortho intramolecular Hbond substituents is 2. The van der Waals surface area contributed by atoms with Gasteiger partial charge in [0.2, 0.25) is 0 Å². The van der Waals surface area contributed by atoms with Crippen LogP contribution in [-0.4, -0.2) is 32.0 Å². The first-order valence-corrected chi connectivity index (χ1v) is 29.1. The Morgan fingerprint density at radius 3 is 1.38 bits per heavy atom. The van der Waals surface area contributed by atoms with Crippen LogP contribution in [0.15, 0.2) is 180 Å². The van der Waals surface area contributed by atoms with Crippen LogP contribution in [0.4, 0.5) is 0 Å². The Labute approximate surface area is 520 Å². The zero-order chi connectivity index (χ0) is 56.0. The van der Waals surface area contributed by atoms with Crippen molar-refractivity contribution in [2.45, 2.75) is 134 Å². The molecule has 4 aromatic rings. The van der Waals surface area contributed by atoms with Crippen molar-refractivity contribution in [3.8, 4) is 11.5 Å². The van der Waals surface area contributed by atoms with E-state index in [1.807, 2.05) is 84.9 Å². The fourth-order valence-corrected chi connectivity index (χ4v) is 14.8. The summed E-state index contributed by atoms with van der Waals surface area (Å²) in [5.74, 6) is 5.00. The van der Waals surface area contributed by atoms with Gasteiger partial charge in [0, 0.05) is 69.7 Å². The fraction of sp³-hybridized carbons (Fsp3) is 0.429. The summed E-state index contributed by atoms with van der Waals surface area (Å²) in [5, 5.41) is 44.7. The molecule has 0 aromatic heterocycles. The van der Waals surface area contributed by atoms with Crippen molar-refractivity contribution in [3.63, 3.8) is 0 Å². The van der Waals surface area contributed by atoms with Gasteiger partial charge in [0.1, 0.15) is 22.7 Å². The molecule has 4 N–H and O–H groups in total. The fourth-order valence-electron chi connectivity index (χ4n) is 14.0. The van der Waals surface area contributed by atoms with Crippen LogP contribution >= 0.6 is 47.8 Å². The molecule has 80 heavy (non-hydrogen) atoms. The monoisotopic (exact) mass is 1270 g/mol. The average molecular weight is 1270 g/mol. The van der Waals surface area contributed by atoms with E-state index < -0.39 is 11.2 Å². The van der Waals surface area contributed by atoms with Crippen molar-refractivity contribution in [1.29, 1.82) is 0 Å². The van der Waals surface area contributed by atoms with E-state index in [0.717, 1.165) is 77.2 Å². The minimum Gasteiger partial charge on any atom is -0.508 e. The van der Waals surface area contributed by atoms with E-state index in [9.17, 15) is 30.0 Å². The second-order valence-corrected chi connectivity index (χ2v) is 25.9. The molecule has 11 aliphatic carbocycles. The Bertz CT molecular complexity index is 3120. The number of hydrogen-bond donors (Lipinski definition) is 4. The van der Waals surface area contributed by atoms with E-state index in [-0.39, 0.29) is 95.6 Å². The molecule has 0 amide bonds. The van der Waals surface area contributed by atoms with Gasteiger partial charge in [-0.15, -0.1) is 0 Å². The van der Waals surface area contributed by atoms with Gasteiger partial charge in [-0.25, -0.2) is 0 Å². The molecule has 426 valence electrons. The number of fused-ring (bicyclic) bond motifs is 3. The zero-order valence-electron chi connectivity index (χ0n) is 47.4. The van der Waals surface area contributed by atoms with Gasteiger partial charge in [-0.1, -0.05) is 183 Å². The number of ketones is 2. The molecule has 0 radical (unpaired) electrons. The topological polar surface area (TPSA) is 115 Å². The van der Waals surface area contributed by atoms with Crippen molar-refractivity contribution in [2.75, 3.05) is 0 Å². The molecule has 11 atom stereocenters. The molecule has 0 saturated heterocycles. The summed E-state index contributed by atoms with van der Waals surface area (Å²) in [4.78, 5) is 24.2. The second-order valence-electron chi connectivity index (χ2n) is 23.1. The summed E-state index contributed by atoms with van der Waals surface area (Å²) < 4.78 is 13.1. The maximum absolute atomic E-state index is 12.3. The predicted octanol–water partition coefficient (Wildman–Crippen LogP) is 15.8. The average Bonchev–Trinajstić information content (AvgIpc) is 3.58. The maximum atomic E-state index is 12.3. The molecule has 6 bridgehead atoms. The number of halogens is 3. The first-order valence-electron chi connectivity index (χ1n) is 27.7. The quantitative estimate of drug-likeness (QED) is 0.0520. The molecule has 0 saturated carbocycles. The van der Waals surface area contributed by atoms with Crippen LogP contribution in [0.2, 0.25) is 0 Å². The van der Waals surface area contributed by atoms with Crippen molar-refractivity contribution in [2.24, 2.45) is 59.2 Å². The molecular formula is C70H88Br3LiO6. The van der Waals surface area contributed by atoms with Crippen LogP contribution in [-0.2, 0) is 20.8 Å². The summed E-state index contributed by atoms with van der Waals surface area (Å²) in [6.45, 7) is 19.9. The molecule has 11 unspecified atom stereocenters. The van der Waals surface area contributed by atoms with Crippen LogP contribution in [0.25, 0.3) is 0 Å². The van der Waals surface area contributed by atoms with Gasteiger partial charge in [0.25, 0.3) is 0 Å². The number of rotatable bonds is 5. The number of benzene rings is 4. The van der Waals surface area contributed by atoms with Gasteiger partial charge in [-0.05, 0) is 159 Å². The molecule has 4 aromatic carbocycles. The standard InChI is InChI=1S/C28H28Br2O2.C16H20O2.C16H18O2.C6H4Br.4CH4.Li.H2/c1-16(2)22-15-23-17(3)14-24(22)26-25(23)27(31,18-4-8-20(29)9-5-18)12-13-28(26,32)19-6-10-21(30)11-7-19;2*1-8(2)10-7-11-9(3)6-12(10)16-14(18)5-4-13(17)15(11)16;7-6-4-2-1-3-5-6;;;;;;/h4-14,16,22-24,31-32H,15H2,1-3H3;4-6,8,10-12,17-18H,7H2,1-3H3;4-6,8,10-12H,7H2,1-3H3;2-5H;4*1H4;;1H/q;;;-1;;;;;+1;/i;;;;;;;;;1+1D. The third-order valence-corrected chi connectivity index (χ3v) is 19.5. The number of allylic oxidation sites excluding steroid dienone is 10. The maximum Gasteiger partial charge on any atom is 1.00 e. The number of aliphatic hydroxyl groups is 2. The van der Waals surface area contributed by atoms with E-state index in [4.69, 9.17) is 2.97 Å². The number of carbonyl (C=O) groups is 2. The van der Waals surface area contributed by atoms with Crippen molar-refractivity contribution in [3.05, 3.63) is 208 Å². The third kappa shape index (κ3) is 12.6. The van der Waals surface area contributed by atoms with Gasteiger partial charge in [-0.3, -0.25) is 9.59 Å². The third-order valence-electron chi connectivity index (χ3n) is 17.9. The second kappa shape index (κ2) is 27.1. The minimum atomic E-state index is -1.24. The molecule has 10 heteroatoms. The van der Waals surface area contributed by atoms with Gasteiger partial charge in [0.05, 0.1) is 0 Å². The molecule has 0 aliphatic heterocycles. The first kappa shape index (κ1) is 66.8. The van der Waals surface area contributed by atoms with Crippen LogP contribution < -0.4 is 18.9 Å². The Balaban J connectivity index is 0.000000305. The summed E-state index contributed by atoms with van der Waals surface area (Å²) in [7, 11) is 0. The van der Waals surface area contributed by atoms with Crippen LogP contribution in [0.3, 0.4) is 0 Å². The van der Waals surface area contributed by atoms with Crippen molar-refractivity contribution < 1.29 is 51.8 Å². The Morgan fingerprint density at radius 2 is 0.887 bits per heavy atom. The summed E-state index contributed by atoms with van der Waals surface area (Å²) >= 11 is 10.3. The van der Waals surface area contributed by atoms with Gasteiger partial charge in [0.15, 0.2) is 11.6 Å². The van der Waals surface area contributed by atoms with Crippen LogP contribution in [0.5, 0.6) is 11.5 Å². The van der Waals surface area contributed by atoms with E-state index in [1.54, 1.807) is 12.1 Å². The van der Waals surface area contributed by atoms with Crippen LogP contribution in [0, 0.1) is 65.2 Å². The van der Waals surface area contributed by atoms with Crippen LogP contribution in [0.1, 0.15) is 148 Å². The van der Waals surface area contributed by atoms with Gasteiger partial charge >= 0.3 is 18.9 Å². The summed E-state index contributed by atoms with van der Waals surface area (Å²) in [6, 6.07) is 29.6. The molecular weight excluding hydrogens is 1180 g/mol. The van der Waals surface area contributed by atoms with E-state index in [1.165, 1.54) is 28.9 Å². The molecule has 11 aliphatic rings. The van der Waals surface area contributed by atoms with Gasteiger partial charge < -0.3 is 20.4 Å². The summed E-state index contributed by atoms with van der Waals surface area (Å²) in [6.07, 6.45) is 16.5. The molecule has 6 nitrogen and oxygen atoms in total. The number of aromatic hydroxyl groups is 2. The van der Waals surface area contributed by atoms with Crippen molar-refractivity contribution in [1.82, 2.24) is 0 Å². The van der Waals surface area contributed by atoms with Gasteiger partial charge in [-0.2, -0.15) is 30.3 Å². The molecule has 15 rings (SSSR count). The number of carbonyl (C=O) groups excluding carboxylic acids is 2. The molecule has 0 heterocycles. The normalized spacial score (nSPS) is 28.6. The van der Waals surface area contributed by atoms with E-state index >= 15 is 0 Å². The SMILES string of the molecule is Brc1cc[c-]cc1.C.C.C.C.CC1=CC2C3=C(C(=O)C=CC3=O)C1CC2C(C)C.CC1=CC2C3=C(C1CC2C(C)C)C(O)(c1ccc(Br)cc1)C=CC3(O)c1ccc(Br)cc1.CC1=CC2c3c(O)ccc(O)c3C1CC2C(C)C.[2H][2H].[Li+]. The molecule has 0 spiro atoms. The zero-order valence-corrected chi connectivity index (χ0v) is 50.2. The smallest absolute Gasteiger partial charge is 0.508 e. The Morgan fingerprint density at radius 1 is 0.512 bits per heavy atom. The van der Waals surface area contributed by atoms with E-state index in [0.29, 0.717) is 47.0 Å². The predicted molar refractivity (Wildman–Crippen MR) is 340 cm³/mol. The Kier molecular flexibility index (Phi) is 22.6. The minimum absolute atomic E-state index is 0. The number of phenols is 2. The Hall–Kier alpha value is -4.04. The largest absolute Gasteiger partial charge is 1.00 e. The summed E-state index contributed by atoms with van der Waals surface area (Å²) in [5.41, 5.74) is 8.56. The van der Waals surface area contributed by atoms with E-state index in [2.05, 4.69) is 134 Å². The molecule has 0 fully saturated rings. The first-order chi connectivity index (χ1) is 36.5.